The van der Waals surface area contributed by atoms with E-state index < -0.39 is 0 Å². The van der Waals surface area contributed by atoms with Gasteiger partial charge < -0.3 is 24.4 Å². The number of nitrogens with zero attached hydrogens (tertiary/aromatic N) is 2. The molecule has 0 unspecified atom stereocenters. The minimum atomic E-state index is -0.0492. The van der Waals surface area contributed by atoms with E-state index in [4.69, 9.17) is 14.2 Å². The highest BCUT2D eigenvalue weighted by atomic mass is 127. The van der Waals surface area contributed by atoms with Crippen LogP contribution in [0.1, 0.15) is 25.0 Å². The molecule has 2 aromatic carbocycles. The van der Waals surface area contributed by atoms with Gasteiger partial charge in [-0.15, -0.1) is 24.0 Å². The number of methoxy groups -OCH3 is 3. The number of rotatable bonds is 9. The lowest BCUT2D eigenvalue weighted by Gasteiger charge is -2.29. The minimum absolute atomic E-state index is 0. The van der Waals surface area contributed by atoms with Gasteiger partial charge in [-0.05, 0) is 41.8 Å². The summed E-state index contributed by atoms with van der Waals surface area (Å²) >= 11 is 0. The summed E-state index contributed by atoms with van der Waals surface area (Å²) in [5.74, 6) is 3.24. The molecule has 7 heteroatoms. The first-order chi connectivity index (χ1) is 14.3. The monoisotopic (exact) mass is 541 g/mol. The lowest BCUT2D eigenvalue weighted by molar-refractivity contribution is 0.354. The van der Waals surface area contributed by atoms with Crippen molar-refractivity contribution >= 4 is 29.9 Å². The minimum Gasteiger partial charge on any atom is -0.497 e. The number of guanidine groups is 1. The van der Waals surface area contributed by atoms with Crippen LogP contribution < -0.4 is 19.5 Å². The number of hydrogen-bond donors (Lipinski definition) is 1. The molecule has 31 heavy (non-hydrogen) atoms. The van der Waals surface area contributed by atoms with Crippen molar-refractivity contribution in [1.82, 2.24) is 10.2 Å². The fourth-order valence-corrected chi connectivity index (χ4v) is 3.27. The summed E-state index contributed by atoms with van der Waals surface area (Å²) in [5, 5.41) is 3.51. The zero-order valence-corrected chi connectivity index (χ0v) is 22.0. The highest BCUT2D eigenvalue weighted by Gasteiger charge is 2.21. The maximum absolute atomic E-state index is 5.40. The SMILES string of the molecule is CN=C(NCC(C)(C)c1ccc(OC)cc1)N(C)CCc1ccc(OC)c(OC)c1.I. The number of halogens is 1. The van der Waals surface area contributed by atoms with E-state index in [-0.39, 0.29) is 29.4 Å². The number of ether oxygens (including phenoxy) is 3. The summed E-state index contributed by atoms with van der Waals surface area (Å²) in [5.41, 5.74) is 2.39. The zero-order chi connectivity index (χ0) is 22.1. The van der Waals surface area contributed by atoms with Crippen molar-refractivity contribution in [3.63, 3.8) is 0 Å². The lowest BCUT2D eigenvalue weighted by Crippen LogP contribution is -2.44. The van der Waals surface area contributed by atoms with E-state index in [1.807, 2.05) is 31.3 Å². The summed E-state index contributed by atoms with van der Waals surface area (Å²) in [6, 6.07) is 14.3. The normalized spacial score (nSPS) is 11.4. The molecular formula is C24H36IN3O3. The molecule has 172 valence electrons. The van der Waals surface area contributed by atoms with Crippen LogP contribution in [-0.2, 0) is 11.8 Å². The summed E-state index contributed by atoms with van der Waals surface area (Å²) in [6.45, 7) is 6.04. The zero-order valence-electron chi connectivity index (χ0n) is 19.7. The molecule has 0 atom stereocenters. The Kier molecular flexibility index (Phi) is 11.0. The molecule has 0 aromatic heterocycles. The van der Waals surface area contributed by atoms with Crippen LogP contribution in [0, 0.1) is 0 Å². The Hall–Kier alpha value is -2.16. The molecule has 2 rings (SSSR count). The molecule has 0 bridgehead atoms. The first kappa shape index (κ1) is 26.9. The third-order valence-corrected chi connectivity index (χ3v) is 5.32. The van der Waals surface area contributed by atoms with Gasteiger partial charge in [0, 0.05) is 32.6 Å². The predicted octanol–water partition coefficient (Wildman–Crippen LogP) is 4.36. The van der Waals surface area contributed by atoms with Gasteiger partial charge in [-0.1, -0.05) is 32.0 Å². The highest BCUT2D eigenvalue weighted by Crippen LogP contribution is 2.28. The quantitative estimate of drug-likeness (QED) is 0.291. The van der Waals surface area contributed by atoms with Crippen LogP contribution in [0.25, 0.3) is 0 Å². The van der Waals surface area contributed by atoms with Gasteiger partial charge in [-0.3, -0.25) is 4.99 Å². The second-order valence-corrected chi connectivity index (χ2v) is 7.87. The highest BCUT2D eigenvalue weighted by molar-refractivity contribution is 14.0. The third-order valence-electron chi connectivity index (χ3n) is 5.32. The maximum atomic E-state index is 5.40. The Morgan fingerprint density at radius 2 is 1.61 bits per heavy atom. The van der Waals surface area contributed by atoms with Crippen LogP contribution >= 0.6 is 24.0 Å². The number of aliphatic imine (C=N–C) groups is 1. The third kappa shape index (κ3) is 7.48. The molecule has 0 spiro atoms. The van der Waals surface area contributed by atoms with Crippen LogP contribution in [0.3, 0.4) is 0 Å². The predicted molar refractivity (Wildman–Crippen MR) is 139 cm³/mol. The molecule has 1 N–H and O–H groups in total. The van der Waals surface area contributed by atoms with E-state index in [1.54, 1.807) is 21.3 Å². The molecule has 0 amide bonds. The fraction of sp³-hybridized carbons (Fsp3) is 0.458. The molecule has 0 radical (unpaired) electrons. The molecule has 0 fully saturated rings. The maximum Gasteiger partial charge on any atom is 0.193 e. The topological polar surface area (TPSA) is 55.3 Å². The number of likely N-dealkylation sites (N-methyl/N-ethyl adjacent to an activating group) is 1. The van der Waals surface area contributed by atoms with Crippen LogP contribution in [0.2, 0.25) is 0 Å². The second-order valence-electron chi connectivity index (χ2n) is 7.87. The summed E-state index contributed by atoms with van der Waals surface area (Å²) < 4.78 is 16.0. The van der Waals surface area contributed by atoms with Crippen molar-refractivity contribution in [2.24, 2.45) is 4.99 Å². The molecule has 0 saturated carbocycles. The molecule has 0 saturated heterocycles. The first-order valence-corrected chi connectivity index (χ1v) is 10.1. The molecule has 6 nitrogen and oxygen atoms in total. The summed E-state index contributed by atoms with van der Waals surface area (Å²) in [4.78, 5) is 6.59. The molecule has 0 heterocycles. The van der Waals surface area contributed by atoms with E-state index in [0.717, 1.165) is 42.7 Å². The van der Waals surface area contributed by atoms with E-state index in [0.29, 0.717) is 0 Å². The largest absolute Gasteiger partial charge is 0.497 e. The Morgan fingerprint density at radius 1 is 0.968 bits per heavy atom. The van der Waals surface area contributed by atoms with Crippen molar-refractivity contribution < 1.29 is 14.2 Å². The van der Waals surface area contributed by atoms with Gasteiger partial charge in [0.05, 0.1) is 21.3 Å². The van der Waals surface area contributed by atoms with Gasteiger partial charge in [-0.2, -0.15) is 0 Å². The Morgan fingerprint density at radius 3 is 2.16 bits per heavy atom. The van der Waals surface area contributed by atoms with Crippen LogP contribution in [0.5, 0.6) is 17.2 Å². The van der Waals surface area contributed by atoms with Gasteiger partial charge in [-0.25, -0.2) is 0 Å². The van der Waals surface area contributed by atoms with E-state index in [2.05, 4.69) is 54.3 Å². The summed E-state index contributed by atoms with van der Waals surface area (Å²) in [7, 11) is 8.86. The number of benzene rings is 2. The van der Waals surface area contributed by atoms with Crippen molar-refractivity contribution in [2.45, 2.75) is 25.7 Å². The average Bonchev–Trinajstić information content (AvgIpc) is 2.77. The van der Waals surface area contributed by atoms with Gasteiger partial charge >= 0.3 is 0 Å². The second kappa shape index (κ2) is 12.6. The van der Waals surface area contributed by atoms with Crippen molar-refractivity contribution in [3.8, 4) is 17.2 Å². The van der Waals surface area contributed by atoms with Gasteiger partial charge in [0.25, 0.3) is 0 Å². The van der Waals surface area contributed by atoms with Crippen LogP contribution in [-0.4, -0.2) is 59.4 Å². The first-order valence-electron chi connectivity index (χ1n) is 10.1. The van der Waals surface area contributed by atoms with E-state index in [9.17, 15) is 0 Å². The van der Waals surface area contributed by atoms with E-state index in [1.165, 1.54) is 11.1 Å². The fourth-order valence-electron chi connectivity index (χ4n) is 3.27. The van der Waals surface area contributed by atoms with Crippen molar-refractivity contribution in [3.05, 3.63) is 53.6 Å². The van der Waals surface area contributed by atoms with Gasteiger partial charge in [0.1, 0.15) is 5.75 Å². The number of hydrogen-bond acceptors (Lipinski definition) is 4. The van der Waals surface area contributed by atoms with Crippen LogP contribution in [0.15, 0.2) is 47.5 Å². The van der Waals surface area contributed by atoms with E-state index >= 15 is 0 Å². The molecule has 0 aliphatic carbocycles. The Bertz CT molecular complexity index is 838. The molecule has 0 aliphatic rings. The molecular weight excluding hydrogens is 505 g/mol. The number of nitrogens with one attached hydrogen (secondary N) is 1. The molecule has 2 aromatic rings. The average molecular weight is 541 g/mol. The Balaban J connectivity index is 0.00000480. The smallest absolute Gasteiger partial charge is 0.193 e. The van der Waals surface area contributed by atoms with Crippen molar-refractivity contribution in [1.29, 1.82) is 0 Å². The lowest BCUT2D eigenvalue weighted by atomic mass is 9.84. The van der Waals surface area contributed by atoms with Crippen molar-refractivity contribution in [2.75, 3.05) is 48.5 Å². The van der Waals surface area contributed by atoms with Crippen LogP contribution in [0.4, 0.5) is 0 Å². The standard InChI is InChI=1S/C24H35N3O3.HI/c1-24(2,19-9-11-20(28-5)12-10-19)17-26-23(25-3)27(4)15-14-18-8-13-21(29-6)22(16-18)30-7;/h8-13,16H,14-15,17H2,1-7H3,(H,25,26);1H. The molecule has 0 aliphatic heterocycles. The summed E-state index contributed by atoms with van der Waals surface area (Å²) in [6.07, 6.45) is 0.874. The van der Waals surface area contributed by atoms with Gasteiger partial charge in [0.2, 0.25) is 0 Å². The Labute approximate surface area is 204 Å². The van der Waals surface area contributed by atoms with Gasteiger partial charge in [0.15, 0.2) is 17.5 Å².